The minimum atomic E-state index is -0.556. The molecule has 1 atom stereocenters. The van der Waals surface area contributed by atoms with Crippen molar-refractivity contribution in [2.75, 3.05) is 0 Å². The van der Waals surface area contributed by atoms with E-state index in [9.17, 15) is 5.11 Å². The van der Waals surface area contributed by atoms with Gasteiger partial charge in [-0.25, -0.2) is 4.68 Å². The molecule has 84 valence electrons. The van der Waals surface area contributed by atoms with Crippen LogP contribution in [-0.2, 0) is 0 Å². The van der Waals surface area contributed by atoms with Crippen molar-refractivity contribution in [1.29, 1.82) is 0 Å². The molecule has 1 N–H and O–H groups in total. The summed E-state index contributed by atoms with van der Waals surface area (Å²) < 4.78 is 2.81. The van der Waals surface area contributed by atoms with E-state index in [4.69, 9.17) is 11.6 Å². The number of hydrogen-bond acceptors (Lipinski definition) is 2. The Morgan fingerprint density at radius 2 is 2.25 bits per heavy atom. The molecule has 0 spiro atoms. The van der Waals surface area contributed by atoms with Gasteiger partial charge in [0.15, 0.2) is 0 Å². The SMILES string of the molecule is CC(O)c1ccc(-n2cc(I)cn2)cc1Cl. The van der Waals surface area contributed by atoms with Gasteiger partial charge >= 0.3 is 0 Å². The highest BCUT2D eigenvalue weighted by atomic mass is 127. The smallest absolute Gasteiger partial charge is 0.0776 e. The third-order valence-corrected chi connectivity index (χ3v) is 3.13. The van der Waals surface area contributed by atoms with Gasteiger partial charge in [-0.3, -0.25) is 0 Å². The van der Waals surface area contributed by atoms with E-state index in [2.05, 4.69) is 27.7 Å². The molecule has 1 heterocycles. The van der Waals surface area contributed by atoms with Gasteiger partial charge in [-0.05, 0) is 47.2 Å². The quantitative estimate of drug-likeness (QED) is 0.847. The second kappa shape index (κ2) is 4.73. The number of rotatable bonds is 2. The van der Waals surface area contributed by atoms with Crippen LogP contribution in [0, 0.1) is 3.57 Å². The van der Waals surface area contributed by atoms with Gasteiger partial charge in [0.25, 0.3) is 0 Å². The maximum Gasteiger partial charge on any atom is 0.0776 e. The zero-order chi connectivity index (χ0) is 11.7. The van der Waals surface area contributed by atoms with Crippen LogP contribution in [0.5, 0.6) is 0 Å². The molecule has 5 heteroatoms. The molecule has 0 aliphatic heterocycles. The predicted molar refractivity (Wildman–Crippen MR) is 71.9 cm³/mol. The van der Waals surface area contributed by atoms with Crippen LogP contribution in [0.15, 0.2) is 30.6 Å². The highest BCUT2D eigenvalue weighted by molar-refractivity contribution is 14.1. The summed E-state index contributed by atoms with van der Waals surface area (Å²) in [5.74, 6) is 0. The summed E-state index contributed by atoms with van der Waals surface area (Å²) in [6, 6.07) is 5.50. The van der Waals surface area contributed by atoms with Crippen LogP contribution in [0.1, 0.15) is 18.6 Å². The molecule has 16 heavy (non-hydrogen) atoms. The summed E-state index contributed by atoms with van der Waals surface area (Å²) in [4.78, 5) is 0. The molecular weight excluding hydrogens is 338 g/mol. The lowest BCUT2D eigenvalue weighted by atomic mass is 10.1. The highest BCUT2D eigenvalue weighted by Gasteiger charge is 2.08. The first-order valence-corrected chi connectivity index (χ1v) is 6.21. The number of halogens is 2. The van der Waals surface area contributed by atoms with Gasteiger partial charge in [0.05, 0.1) is 21.6 Å². The zero-order valence-electron chi connectivity index (χ0n) is 8.56. The van der Waals surface area contributed by atoms with Crippen LogP contribution in [0.4, 0.5) is 0 Å². The normalized spacial score (nSPS) is 12.8. The Morgan fingerprint density at radius 3 is 2.75 bits per heavy atom. The number of aromatic nitrogens is 2. The van der Waals surface area contributed by atoms with E-state index in [-0.39, 0.29) is 0 Å². The van der Waals surface area contributed by atoms with Crippen molar-refractivity contribution in [3.8, 4) is 5.69 Å². The van der Waals surface area contributed by atoms with Crippen LogP contribution in [0.3, 0.4) is 0 Å². The Hall–Kier alpha value is -0.590. The van der Waals surface area contributed by atoms with Crippen molar-refractivity contribution < 1.29 is 5.11 Å². The maximum absolute atomic E-state index is 9.46. The molecule has 0 saturated carbocycles. The van der Waals surface area contributed by atoms with E-state index >= 15 is 0 Å². The van der Waals surface area contributed by atoms with E-state index in [0.717, 1.165) is 14.8 Å². The van der Waals surface area contributed by atoms with Crippen molar-refractivity contribution in [2.45, 2.75) is 13.0 Å². The molecule has 0 bridgehead atoms. The van der Waals surface area contributed by atoms with E-state index in [1.807, 2.05) is 18.3 Å². The maximum atomic E-state index is 9.46. The second-order valence-corrected chi connectivity index (χ2v) is 5.14. The Morgan fingerprint density at radius 1 is 1.50 bits per heavy atom. The summed E-state index contributed by atoms with van der Waals surface area (Å²) in [5.41, 5.74) is 1.62. The van der Waals surface area contributed by atoms with Gasteiger partial charge in [0.2, 0.25) is 0 Å². The van der Waals surface area contributed by atoms with Crippen molar-refractivity contribution >= 4 is 34.2 Å². The first kappa shape index (κ1) is 11.9. The lowest BCUT2D eigenvalue weighted by molar-refractivity contribution is 0.199. The third kappa shape index (κ3) is 2.39. The number of hydrogen-bond donors (Lipinski definition) is 1. The first-order chi connectivity index (χ1) is 7.58. The van der Waals surface area contributed by atoms with Gasteiger partial charge in [-0.15, -0.1) is 0 Å². The average molecular weight is 349 g/mol. The molecule has 0 radical (unpaired) electrons. The molecule has 3 nitrogen and oxygen atoms in total. The van der Waals surface area contributed by atoms with Crippen LogP contribution < -0.4 is 0 Å². The fourth-order valence-corrected chi connectivity index (χ4v) is 2.16. The van der Waals surface area contributed by atoms with Crippen molar-refractivity contribution in [3.05, 3.63) is 44.7 Å². The van der Waals surface area contributed by atoms with Crippen LogP contribution in [0.25, 0.3) is 5.69 Å². The lowest BCUT2D eigenvalue weighted by Gasteiger charge is -2.09. The van der Waals surface area contributed by atoms with Gasteiger partial charge in [0, 0.05) is 11.2 Å². The largest absolute Gasteiger partial charge is 0.389 e. The van der Waals surface area contributed by atoms with Gasteiger partial charge in [0.1, 0.15) is 0 Å². The van der Waals surface area contributed by atoms with Gasteiger partial charge < -0.3 is 5.11 Å². The van der Waals surface area contributed by atoms with E-state index in [1.165, 1.54) is 0 Å². The Bertz CT molecular complexity index is 510. The number of aliphatic hydroxyl groups is 1. The summed E-state index contributed by atoms with van der Waals surface area (Å²) in [5, 5.41) is 14.2. The van der Waals surface area contributed by atoms with Crippen LogP contribution in [-0.4, -0.2) is 14.9 Å². The molecule has 1 aromatic carbocycles. The molecule has 2 rings (SSSR count). The van der Waals surface area contributed by atoms with Crippen LogP contribution >= 0.6 is 34.2 Å². The van der Waals surface area contributed by atoms with E-state index in [1.54, 1.807) is 23.9 Å². The first-order valence-electron chi connectivity index (χ1n) is 4.76. The minimum absolute atomic E-state index is 0.554. The molecule has 0 fully saturated rings. The molecule has 0 amide bonds. The summed E-state index contributed by atoms with van der Waals surface area (Å²) >= 11 is 8.28. The Kier molecular flexibility index (Phi) is 3.51. The summed E-state index contributed by atoms with van der Waals surface area (Å²) in [6.45, 7) is 1.69. The molecular formula is C11H10ClIN2O. The molecule has 2 aromatic rings. The number of aliphatic hydroxyl groups excluding tert-OH is 1. The molecule has 0 aliphatic carbocycles. The fourth-order valence-electron chi connectivity index (χ4n) is 1.44. The summed E-state index contributed by atoms with van der Waals surface area (Å²) in [7, 11) is 0. The average Bonchev–Trinajstić information content (AvgIpc) is 2.64. The van der Waals surface area contributed by atoms with Gasteiger partial charge in [-0.2, -0.15) is 5.10 Å². The standard InChI is InChI=1S/C11H10ClIN2O/c1-7(16)10-3-2-9(4-11(10)12)15-6-8(13)5-14-15/h2-7,16H,1H3. The fraction of sp³-hybridized carbons (Fsp3) is 0.182. The monoisotopic (exact) mass is 348 g/mol. The van der Waals surface area contributed by atoms with Gasteiger partial charge in [-0.1, -0.05) is 17.7 Å². The predicted octanol–water partition coefficient (Wildman–Crippen LogP) is 3.18. The van der Waals surface area contributed by atoms with Crippen molar-refractivity contribution in [3.63, 3.8) is 0 Å². The summed E-state index contributed by atoms with van der Waals surface area (Å²) in [6.07, 6.45) is 3.13. The minimum Gasteiger partial charge on any atom is -0.389 e. The lowest BCUT2D eigenvalue weighted by Crippen LogP contribution is -1.97. The number of nitrogens with zero attached hydrogens (tertiary/aromatic N) is 2. The molecule has 1 aromatic heterocycles. The molecule has 1 unspecified atom stereocenters. The molecule has 0 aliphatic rings. The van der Waals surface area contributed by atoms with Crippen molar-refractivity contribution in [2.24, 2.45) is 0 Å². The van der Waals surface area contributed by atoms with E-state index in [0.29, 0.717) is 5.02 Å². The molecule has 0 saturated heterocycles. The Balaban J connectivity index is 2.42. The number of benzene rings is 1. The topological polar surface area (TPSA) is 38.0 Å². The third-order valence-electron chi connectivity index (χ3n) is 2.25. The van der Waals surface area contributed by atoms with Crippen molar-refractivity contribution in [1.82, 2.24) is 9.78 Å². The Labute approximate surface area is 112 Å². The zero-order valence-corrected chi connectivity index (χ0v) is 11.5. The van der Waals surface area contributed by atoms with Crippen LogP contribution in [0.2, 0.25) is 5.02 Å². The second-order valence-electron chi connectivity index (χ2n) is 3.48. The highest BCUT2D eigenvalue weighted by Crippen LogP contribution is 2.25. The van der Waals surface area contributed by atoms with E-state index < -0.39 is 6.10 Å².